The number of carbonyl (C=O) groups is 3. The Morgan fingerprint density at radius 2 is 1.67 bits per heavy atom. The van der Waals surface area contributed by atoms with E-state index in [2.05, 4.69) is 5.32 Å². The standard InChI is InChI=1S/C23H40N2O8/c1-14(2)12-15-10-11-23(18(28)31-9,25(15)20(30)33-22(6,7)8)17(27)16(13-26)24-19(29)32-21(3,4)5/h12,15-17,26-27H,10-11,13H2,1-9H3,(H,24,29)/t15-,16+,17+,23-/m1/s1. The van der Waals surface area contributed by atoms with Crippen molar-refractivity contribution in [2.75, 3.05) is 13.7 Å². The molecule has 4 atom stereocenters. The maximum absolute atomic E-state index is 13.3. The lowest BCUT2D eigenvalue weighted by Crippen LogP contribution is -2.68. The molecule has 0 saturated carbocycles. The minimum absolute atomic E-state index is 0.0288. The van der Waals surface area contributed by atoms with Gasteiger partial charge in [-0.15, -0.1) is 0 Å². The SMILES string of the molecule is COC(=O)[C@]1([C@@H](O)[C@H](CO)NC(=O)OC(C)(C)C)CC[C@H](C=C(C)C)N1C(=O)OC(C)(C)C. The van der Waals surface area contributed by atoms with Gasteiger partial charge in [0.2, 0.25) is 0 Å². The van der Waals surface area contributed by atoms with Crippen LogP contribution in [0.25, 0.3) is 0 Å². The van der Waals surface area contributed by atoms with Crippen molar-refractivity contribution in [3.63, 3.8) is 0 Å². The maximum atomic E-state index is 13.3. The van der Waals surface area contributed by atoms with Gasteiger partial charge in [0, 0.05) is 0 Å². The van der Waals surface area contributed by atoms with Crippen LogP contribution < -0.4 is 5.32 Å². The van der Waals surface area contributed by atoms with E-state index in [-0.39, 0.29) is 6.42 Å². The van der Waals surface area contributed by atoms with E-state index in [1.54, 1.807) is 47.6 Å². The van der Waals surface area contributed by atoms with Crippen LogP contribution >= 0.6 is 0 Å². The normalized spacial score (nSPS) is 22.8. The molecule has 10 heteroatoms. The Labute approximate surface area is 196 Å². The largest absolute Gasteiger partial charge is 0.467 e. The summed E-state index contributed by atoms with van der Waals surface area (Å²) in [5, 5.41) is 23.7. The van der Waals surface area contributed by atoms with Crippen LogP contribution in [0.15, 0.2) is 11.6 Å². The highest BCUT2D eigenvalue weighted by molar-refractivity contribution is 5.88. The Kier molecular flexibility index (Phi) is 9.33. The highest BCUT2D eigenvalue weighted by Gasteiger charge is 2.61. The van der Waals surface area contributed by atoms with Crippen LogP contribution in [0.2, 0.25) is 0 Å². The van der Waals surface area contributed by atoms with Gasteiger partial charge in [-0.1, -0.05) is 11.6 Å². The Hall–Kier alpha value is -2.33. The summed E-state index contributed by atoms with van der Waals surface area (Å²) in [4.78, 5) is 39.9. The van der Waals surface area contributed by atoms with Gasteiger partial charge in [-0.2, -0.15) is 0 Å². The van der Waals surface area contributed by atoms with Crippen molar-refractivity contribution in [1.29, 1.82) is 0 Å². The number of aliphatic hydroxyl groups is 2. The van der Waals surface area contributed by atoms with E-state index in [0.29, 0.717) is 6.42 Å². The first-order chi connectivity index (χ1) is 15.0. The number of allylic oxidation sites excluding steroid dienone is 1. The van der Waals surface area contributed by atoms with Gasteiger partial charge in [-0.25, -0.2) is 14.4 Å². The van der Waals surface area contributed by atoms with Gasteiger partial charge in [0.15, 0.2) is 5.54 Å². The van der Waals surface area contributed by atoms with Crippen molar-refractivity contribution in [2.45, 2.75) is 103 Å². The minimum Gasteiger partial charge on any atom is -0.467 e. The molecule has 0 bridgehead atoms. The Morgan fingerprint density at radius 3 is 2.09 bits per heavy atom. The zero-order chi connectivity index (χ0) is 25.8. The van der Waals surface area contributed by atoms with Crippen molar-refractivity contribution < 1.29 is 38.8 Å². The third-order valence-electron chi connectivity index (χ3n) is 5.01. The molecule has 0 spiro atoms. The second-order valence-electron chi connectivity index (χ2n) is 10.5. The summed E-state index contributed by atoms with van der Waals surface area (Å²) in [7, 11) is 1.15. The summed E-state index contributed by atoms with van der Waals surface area (Å²) >= 11 is 0. The molecule has 1 fully saturated rings. The fourth-order valence-corrected chi connectivity index (χ4v) is 3.87. The van der Waals surface area contributed by atoms with E-state index < -0.39 is 59.7 Å². The lowest BCUT2D eigenvalue weighted by atomic mass is 9.85. The van der Waals surface area contributed by atoms with Crippen molar-refractivity contribution in [1.82, 2.24) is 10.2 Å². The van der Waals surface area contributed by atoms with Crippen molar-refractivity contribution in [3.05, 3.63) is 11.6 Å². The average Bonchev–Trinajstić information content (AvgIpc) is 3.01. The fraction of sp³-hybridized carbons (Fsp3) is 0.783. The van der Waals surface area contributed by atoms with Crippen LogP contribution in [0.5, 0.6) is 0 Å². The van der Waals surface area contributed by atoms with Gasteiger partial charge in [-0.05, 0) is 68.2 Å². The van der Waals surface area contributed by atoms with Crippen molar-refractivity contribution in [3.8, 4) is 0 Å². The zero-order valence-electron chi connectivity index (χ0n) is 21.2. The minimum atomic E-state index is -1.91. The number of hydrogen-bond donors (Lipinski definition) is 3. The van der Waals surface area contributed by atoms with Crippen LogP contribution in [0, 0.1) is 0 Å². The Balaban J connectivity index is 3.51. The lowest BCUT2D eigenvalue weighted by molar-refractivity contribution is -0.164. The van der Waals surface area contributed by atoms with Crippen molar-refractivity contribution >= 4 is 18.2 Å². The average molecular weight is 473 g/mol. The van der Waals surface area contributed by atoms with Crippen LogP contribution in [0.1, 0.15) is 68.2 Å². The zero-order valence-corrected chi connectivity index (χ0v) is 21.2. The van der Waals surface area contributed by atoms with E-state index in [1.165, 1.54) is 4.90 Å². The molecule has 190 valence electrons. The van der Waals surface area contributed by atoms with Gasteiger partial charge >= 0.3 is 18.2 Å². The van der Waals surface area contributed by atoms with Crippen LogP contribution in [-0.4, -0.2) is 81.9 Å². The van der Waals surface area contributed by atoms with Gasteiger partial charge in [-0.3, -0.25) is 4.90 Å². The summed E-state index contributed by atoms with van der Waals surface area (Å²) < 4.78 is 15.8. The molecule has 1 saturated heterocycles. The molecule has 1 rings (SSSR count). The number of rotatable bonds is 6. The van der Waals surface area contributed by atoms with Crippen LogP contribution in [0.3, 0.4) is 0 Å². The molecule has 1 heterocycles. The number of esters is 1. The molecule has 0 aromatic carbocycles. The maximum Gasteiger partial charge on any atom is 0.411 e. The first-order valence-corrected chi connectivity index (χ1v) is 11.0. The first kappa shape index (κ1) is 28.7. The molecule has 10 nitrogen and oxygen atoms in total. The third-order valence-corrected chi connectivity index (χ3v) is 5.01. The van der Waals surface area contributed by atoms with Crippen molar-refractivity contribution in [2.24, 2.45) is 0 Å². The third kappa shape index (κ3) is 7.33. The highest BCUT2D eigenvalue weighted by atomic mass is 16.6. The number of nitrogens with one attached hydrogen (secondary N) is 1. The molecule has 0 aromatic rings. The molecule has 0 aromatic heterocycles. The van der Waals surface area contributed by atoms with Crippen LogP contribution in [0.4, 0.5) is 9.59 Å². The van der Waals surface area contributed by atoms with E-state index >= 15 is 0 Å². The smallest absolute Gasteiger partial charge is 0.411 e. The molecule has 0 aliphatic carbocycles. The predicted molar refractivity (Wildman–Crippen MR) is 122 cm³/mol. The van der Waals surface area contributed by atoms with Gasteiger partial charge in [0.25, 0.3) is 0 Å². The summed E-state index contributed by atoms with van der Waals surface area (Å²) in [6, 6.07) is -1.89. The highest BCUT2D eigenvalue weighted by Crippen LogP contribution is 2.41. The number of alkyl carbamates (subject to hydrolysis) is 1. The van der Waals surface area contributed by atoms with Gasteiger partial charge in [0.1, 0.15) is 17.3 Å². The predicted octanol–water partition coefficient (Wildman–Crippen LogP) is 2.51. The van der Waals surface area contributed by atoms with E-state index in [1.807, 2.05) is 13.8 Å². The number of hydrogen-bond acceptors (Lipinski definition) is 8. The second-order valence-corrected chi connectivity index (χ2v) is 10.5. The molecular weight excluding hydrogens is 432 g/mol. The molecular formula is C23H40N2O8. The molecule has 2 amide bonds. The summed E-state index contributed by atoms with van der Waals surface area (Å²) in [5.74, 6) is -0.880. The second kappa shape index (κ2) is 10.7. The van der Waals surface area contributed by atoms with Gasteiger partial charge < -0.3 is 29.7 Å². The molecule has 0 radical (unpaired) electrons. The number of aliphatic hydroxyl groups excluding tert-OH is 2. The summed E-state index contributed by atoms with van der Waals surface area (Å²) in [6.45, 7) is 13.0. The lowest BCUT2D eigenvalue weighted by Gasteiger charge is -2.43. The molecule has 33 heavy (non-hydrogen) atoms. The van der Waals surface area contributed by atoms with E-state index in [0.717, 1.165) is 12.7 Å². The van der Waals surface area contributed by atoms with Crippen LogP contribution in [-0.2, 0) is 19.0 Å². The van der Waals surface area contributed by atoms with E-state index in [4.69, 9.17) is 14.2 Å². The number of carbonyl (C=O) groups excluding carboxylic acids is 3. The first-order valence-electron chi connectivity index (χ1n) is 11.0. The number of nitrogens with zero attached hydrogens (tertiary/aromatic N) is 1. The molecule has 1 aliphatic rings. The van der Waals surface area contributed by atoms with E-state index in [9.17, 15) is 24.6 Å². The number of amides is 2. The Bertz CT molecular complexity index is 749. The summed E-state index contributed by atoms with van der Waals surface area (Å²) in [5.41, 5.74) is -2.70. The molecule has 3 N–H and O–H groups in total. The quantitative estimate of drug-likeness (QED) is 0.305. The summed E-state index contributed by atoms with van der Waals surface area (Å²) in [6.07, 6.45) is -1.26. The van der Waals surface area contributed by atoms with Gasteiger partial charge in [0.05, 0.1) is 25.8 Å². The monoisotopic (exact) mass is 472 g/mol. The topological polar surface area (TPSA) is 135 Å². The number of ether oxygens (including phenoxy) is 3. The molecule has 0 unspecified atom stereocenters. The number of methoxy groups -OCH3 is 1. The molecule has 1 aliphatic heterocycles. The fourth-order valence-electron chi connectivity index (χ4n) is 3.87. The Morgan fingerprint density at radius 1 is 1.12 bits per heavy atom. The number of likely N-dealkylation sites (tertiary alicyclic amines) is 1.